The second kappa shape index (κ2) is 9.43. The number of aryl methyl sites for hydroxylation is 2. The summed E-state index contributed by atoms with van der Waals surface area (Å²) in [6.07, 6.45) is 2.42. The molecule has 1 aromatic heterocycles. The molecule has 2 amide bonds. The van der Waals surface area contributed by atoms with Gasteiger partial charge in [0.05, 0.1) is 19.2 Å². The van der Waals surface area contributed by atoms with Crippen LogP contribution in [0.5, 0.6) is 5.75 Å². The summed E-state index contributed by atoms with van der Waals surface area (Å²) < 4.78 is 5.39. The van der Waals surface area contributed by atoms with Crippen LogP contribution in [-0.2, 0) is 0 Å². The van der Waals surface area contributed by atoms with Crippen LogP contribution in [0, 0.1) is 13.8 Å². The Morgan fingerprint density at radius 3 is 2.64 bits per heavy atom. The van der Waals surface area contributed by atoms with Crippen molar-refractivity contribution in [2.45, 2.75) is 45.7 Å². The molecule has 2 aromatic rings. The topological polar surface area (TPSA) is 53.6 Å². The fraction of sp³-hybridized carbons (Fsp3) is 0.500. The monoisotopic (exact) mass is 401 g/mol. The van der Waals surface area contributed by atoms with Gasteiger partial charge < -0.3 is 15.4 Å². The number of thiophene rings is 1. The molecule has 0 aliphatic carbocycles. The van der Waals surface area contributed by atoms with Gasteiger partial charge in [-0.05, 0) is 76.0 Å². The van der Waals surface area contributed by atoms with Gasteiger partial charge in [0.1, 0.15) is 5.75 Å². The molecule has 0 saturated carbocycles. The Balaban J connectivity index is 1.64. The van der Waals surface area contributed by atoms with Crippen molar-refractivity contribution in [1.29, 1.82) is 0 Å². The van der Waals surface area contributed by atoms with Crippen molar-refractivity contribution in [3.05, 3.63) is 51.2 Å². The second-order valence-electron chi connectivity index (χ2n) is 7.48. The van der Waals surface area contributed by atoms with Gasteiger partial charge in [-0.1, -0.05) is 12.1 Å². The van der Waals surface area contributed by atoms with E-state index in [9.17, 15) is 4.79 Å². The predicted molar refractivity (Wildman–Crippen MR) is 115 cm³/mol. The average Bonchev–Trinajstić information content (AvgIpc) is 3.31. The van der Waals surface area contributed by atoms with E-state index in [0.29, 0.717) is 6.54 Å². The number of methoxy groups -OCH3 is 1. The van der Waals surface area contributed by atoms with Gasteiger partial charge in [-0.2, -0.15) is 0 Å². The van der Waals surface area contributed by atoms with E-state index in [1.54, 1.807) is 18.4 Å². The summed E-state index contributed by atoms with van der Waals surface area (Å²) in [5.74, 6) is 0.850. The predicted octanol–water partition coefficient (Wildman–Crippen LogP) is 4.57. The van der Waals surface area contributed by atoms with Gasteiger partial charge in [-0.3, -0.25) is 4.90 Å². The number of urea groups is 1. The molecular weight excluding hydrogens is 370 g/mol. The van der Waals surface area contributed by atoms with E-state index in [1.807, 2.05) is 19.1 Å². The van der Waals surface area contributed by atoms with Gasteiger partial charge >= 0.3 is 6.03 Å². The number of hydrogen-bond acceptors (Lipinski definition) is 4. The summed E-state index contributed by atoms with van der Waals surface area (Å²) >= 11 is 1.77. The highest BCUT2D eigenvalue weighted by Gasteiger charge is 2.24. The van der Waals surface area contributed by atoms with Crippen LogP contribution in [0.2, 0.25) is 0 Å². The number of nitrogens with one attached hydrogen (secondary N) is 2. The Kier molecular flexibility index (Phi) is 6.97. The minimum Gasteiger partial charge on any atom is -0.497 e. The molecule has 0 spiro atoms. The molecule has 1 saturated heterocycles. The third-order valence-corrected chi connectivity index (χ3v) is 6.39. The number of ether oxygens (including phenoxy) is 1. The second-order valence-corrected chi connectivity index (χ2v) is 8.94. The van der Waals surface area contributed by atoms with Gasteiger partial charge in [0, 0.05) is 16.3 Å². The molecule has 1 aliphatic heterocycles. The summed E-state index contributed by atoms with van der Waals surface area (Å²) in [4.78, 5) is 17.5. The Labute approximate surface area is 172 Å². The summed E-state index contributed by atoms with van der Waals surface area (Å²) in [7, 11) is 1.69. The summed E-state index contributed by atoms with van der Waals surface area (Å²) in [6, 6.07) is 10.3. The van der Waals surface area contributed by atoms with Gasteiger partial charge in [0.15, 0.2) is 0 Å². The maximum absolute atomic E-state index is 12.6. The first-order valence-corrected chi connectivity index (χ1v) is 10.8. The number of hydrogen-bond donors (Lipinski definition) is 2. The van der Waals surface area contributed by atoms with Gasteiger partial charge in [-0.15, -0.1) is 11.3 Å². The van der Waals surface area contributed by atoms with Crippen molar-refractivity contribution in [3.63, 3.8) is 0 Å². The van der Waals surface area contributed by atoms with E-state index in [0.717, 1.165) is 18.8 Å². The molecule has 152 valence electrons. The van der Waals surface area contributed by atoms with Crippen LogP contribution in [0.15, 0.2) is 30.3 Å². The quantitative estimate of drug-likeness (QED) is 0.714. The van der Waals surface area contributed by atoms with Crippen LogP contribution in [0.4, 0.5) is 4.79 Å². The Hall–Kier alpha value is -2.05. The number of amides is 2. The highest BCUT2D eigenvalue weighted by atomic mass is 32.1. The van der Waals surface area contributed by atoms with Crippen LogP contribution in [0.25, 0.3) is 0 Å². The van der Waals surface area contributed by atoms with Gasteiger partial charge in [0.25, 0.3) is 0 Å². The first kappa shape index (κ1) is 20.7. The van der Waals surface area contributed by atoms with Crippen molar-refractivity contribution >= 4 is 17.4 Å². The smallest absolute Gasteiger partial charge is 0.315 e. The van der Waals surface area contributed by atoms with Crippen LogP contribution in [0.1, 0.15) is 52.7 Å². The molecule has 1 aliphatic rings. The molecule has 2 unspecified atom stereocenters. The highest BCUT2D eigenvalue weighted by molar-refractivity contribution is 7.12. The number of carbonyl (C=O) groups is 1. The number of benzene rings is 1. The lowest BCUT2D eigenvalue weighted by atomic mass is 10.1. The molecule has 2 heterocycles. The fourth-order valence-electron chi connectivity index (χ4n) is 3.96. The lowest BCUT2D eigenvalue weighted by Crippen LogP contribution is -2.42. The summed E-state index contributed by atoms with van der Waals surface area (Å²) in [6.45, 7) is 8.95. The third kappa shape index (κ3) is 5.06. The Morgan fingerprint density at radius 1 is 1.25 bits per heavy atom. The molecule has 1 fully saturated rings. The standard InChI is InChI=1S/C22H31N3O2S/c1-15-12-20(17(3)28-15)16(2)24-22(26)23-14-21(25-10-5-6-11-25)18-8-7-9-19(13-18)27-4/h7-9,12-13,16,21H,5-6,10-11,14H2,1-4H3,(H2,23,24,26). The molecule has 28 heavy (non-hydrogen) atoms. The normalized spacial score (nSPS) is 16.6. The van der Waals surface area contributed by atoms with Crippen LogP contribution >= 0.6 is 11.3 Å². The van der Waals surface area contributed by atoms with Gasteiger partial charge in [0.2, 0.25) is 0 Å². The molecule has 2 atom stereocenters. The third-order valence-electron chi connectivity index (χ3n) is 5.41. The molecule has 5 nitrogen and oxygen atoms in total. The minimum atomic E-state index is -0.122. The van der Waals surface area contributed by atoms with E-state index >= 15 is 0 Å². The summed E-state index contributed by atoms with van der Waals surface area (Å²) in [5, 5.41) is 6.18. The first-order valence-electron chi connectivity index (χ1n) is 9.97. The molecule has 0 radical (unpaired) electrons. The van der Waals surface area contributed by atoms with E-state index in [4.69, 9.17) is 4.74 Å². The Morgan fingerprint density at radius 2 is 2.00 bits per heavy atom. The van der Waals surface area contributed by atoms with Crippen molar-refractivity contribution in [1.82, 2.24) is 15.5 Å². The van der Waals surface area contributed by atoms with E-state index < -0.39 is 0 Å². The van der Waals surface area contributed by atoms with Crippen LogP contribution in [0.3, 0.4) is 0 Å². The zero-order valence-electron chi connectivity index (χ0n) is 17.2. The highest BCUT2D eigenvalue weighted by Crippen LogP contribution is 2.28. The van der Waals surface area contributed by atoms with E-state index in [2.05, 4.69) is 47.6 Å². The molecule has 0 bridgehead atoms. The van der Waals surface area contributed by atoms with Crippen molar-refractivity contribution in [2.75, 3.05) is 26.7 Å². The van der Waals surface area contributed by atoms with E-state index in [-0.39, 0.29) is 18.1 Å². The van der Waals surface area contributed by atoms with Crippen molar-refractivity contribution in [3.8, 4) is 5.75 Å². The van der Waals surface area contributed by atoms with Crippen LogP contribution < -0.4 is 15.4 Å². The zero-order chi connectivity index (χ0) is 20.1. The lowest BCUT2D eigenvalue weighted by molar-refractivity contribution is 0.218. The maximum Gasteiger partial charge on any atom is 0.315 e. The lowest BCUT2D eigenvalue weighted by Gasteiger charge is -2.28. The number of nitrogens with zero attached hydrogens (tertiary/aromatic N) is 1. The summed E-state index contributed by atoms with van der Waals surface area (Å²) in [5.41, 5.74) is 2.38. The van der Waals surface area contributed by atoms with Crippen molar-refractivity contribution in [2.24, 2.45) is 0 Å². The van der Waals surface area contributed by atoms with Gasteiger partial charge in [-0.25, -0.2) is 4.79 Å². The molecule has 6 heteroatoms. The van der Waals surface area contributed by atoms with E-state index in [1.165, 1.54) is 33.7 Å². The molecule has 1 aromatic carbocycles. The zero-order valence-corrected chi connectivity index (χ0v) is 18.1. The number of rotatable bonds is 7. The SMILES string of the molecule is COc1cccc(C(CNC(=O)NC(C)c2cc(C)sc2C)N2CCCC2)c1. The van der Waals surface area contributed by atoms with Crippen LogP contribution in [-0.4, -0.2) is 37.7 Å². The Bertz CT molecular complexity index is 799. The first-order chi connectivity index (χ1) is 13.5. The maximum atomic E-state index is 12.6. The largest absolute Gasteiger partial charge is 0.497 e. The number of likely N-dealkylation sites (tertiary alicyclic amines) is 1. The fourth-order valence-corrected chi connectivity index (χ4v) is 4.98. The minimum absolute atomic E-state index is 0.00740. The molecule has 3 rings (SSSR count). The molecular formula is C22H31N3O2S. The molecule has 2 N–H and O–H groups in total. The van der Waals surface area contributed by atoms with Crippen molar-refractivity contribution < 1.29 is 9.53 Å². The average molecular weight is 402 g/mol. The number of carbonyl (C=O) groups excluding carboxylic acids is 1.